The first-order valence-electron chi connectivity index (χ1n) is 6.93. The number of hydrogen-bond donors (Lipinski definition) is 7. The van der Waals surface area contributed by atoms with Gasteiger partial charge < -0.3 is 50.0 Å². The zero-order valence-electron chi connectivity index (χ0n) is 11.8. The maximum absolute atomic E-state index is 9.92. The summed E-state index contributed by atoms with van der Waals surface area (Å²) in [4.78, 5) is 0. The van der Waals surface area contributed by atoms with Crippen LogP contribution < -0.4 is 0 Å². The Kier molecular flexibility index (Phi) is 5.72. The van der Waals surface area contributed by atoms with Crippen LogP contribution in [0.1, 0.15) is 6.92 Å². The Morgan fingerprint density at radius 3 is 2.05 bits per heavy atom. The molecule has 0 amide bonds. The maximum Gasteiger partial charge on any atom is 0.187 e. The van der Waals surface area contributed by atoms with Gasteiger partial charge in [-0.1, -0.05) is 0 Å². The molecule has 0 unspecified atom stereocenters. The first-order chi connectivity index (χ1) is 10.3. The van der Waals surface area contributed by atoms with E-state index >= 15 is 0 Å². The lowest BCUT2D eigenvalue weighted by Gasteiger charge is -2.44. The van der Waals surface area contributed by atoms with Crippen molar-refractivity contribution in [2.75, 3.05) is 6.61 Å². The molecule has 0 aromatic carbocycles. The Morgan fingerprint density at radius 1 is 0.818 bits per heavy atom. The SMILES string of the molecule is C[C@H]1O[C@@H](O)[C@@H](O[C@@H]2O[C@H](CO)[C@@H](O)[C@H](O)[C@@H]2O)[C@@H](O)[C@@H]1O. The molecule has 0 bridgehead atoms. The fraction of sp³-hybridized carbons (Fsp3) is 1.00. The molecule has 2 heterocycles. The van der Waals surface area contributed by atoms with Gasteiger partial charge in [-0.3, -0.25) is 0 Å². The first kappa shape index (κ1) is 17.9. The number of rotatable bonds is 3. The Balaban J connectivity index is 2.08. The molecular formula is C12H22O10. The minimum absolute atomic E-state index is 0.642. The molecule has 2 fully saturated rings. The van der Waals surface area contributed by atoms with Gasteiger partial charge in [-0.2, -0.15) is 0 Å². The monoisotopic (exact) mass is 326 g/mol. The van der Waals surface area contributed by atoms with Crippen LogP contribution in [-0.4, -0.2) is 104 Å². The minimum Gasteiger partial charge on any atom is -0.394 e. The van der Waals surface area contributed by atoms with Crippen molar-refractivity contribution in [2.45, 2.75) is 68.3 Å². The van der Waals surface area contributed by atoms with Gasteiger partial charge in [0.05, 0.1) is 12.7 Å². The smallest absolute Gasteiger partial charge is 0.187 e. The normalized spacial score (nSPS) is 53.5. The molecule has 2 aliphatic heterocycles. The second-order valence-electron chi connectivity index (χ2n) is 5.51. The van der Waals surface area contributed by atoms with Crippen LogP contribution in [0.25, 0.3) is 0 Å². The molecule has 130 valence electrons. The van der Waals surface area contributed by atoms with Crippen molar-refractivity contribution in [2.24, 2.45) is 0 Å². The first-order valence-corrected chi connectivity index (χ1v) is 6.93. The lowest BCUT2D eigenvalue weighted by atomic mass is 9.98. The van der Waals surface area contributed by atoms with Crippen molar-refractivity contribution in [3.05, 3.63) is 0 Å². The van der Waals surface area contributed by atoms with Gasteiger partial charge in [0.15, 0.2) is 12.6 Å². The maximum atomic E-state index is 9.92. The summed E-state index contributed by atoms with van der Waals surface area (Å²) >= 11 is 0. The van der Waals surface area contributed by atoms with E-state index in [4.69, 9.17) is 19.3 Å². The van der Waals surface area contributed by atoms with Crippen LogP contribution in [-0.2, 0) is 14.2 Å². The van der Waals surface area contributed by atoms with Gasteiger partial charge in [0.1, 0.15) is 42.7 Å². The Labute approximate surface area is 126 Å². The predicted octanol–water partition coefficient (Wildman–Crippen LogP) is -4.37. The van der Waals surface area contributed by atoms with Gasteiger partial charge in [-0.15, -0.1) is 0 Å². The number of aliphatic hydroxyl groups excluding tert-OH is 7. The number of ether oxygens (including phenoxy) is 3. The third-order valence-corrected chi connectivity index (χ3v) is 3.94. The highest BCUT2D eigenvalue weighted by Crippen LogP contribution is 2.28. The summed E-state index contributed by atoms with van der Waals surface area (Å²) in [6, 6.07) is 0. The summed E-state index contributed by atoms with van der Waals surface area (Å²) < 4.78 is 15.3. The highest BCUT2D eigenvalue weighted by molar-refractivity contribution is 4.92. The summed E-state index contributed by atoms with van der Waals surface area (Å²) in [6.07, 6.45) is -14.4. The Bertz CT molecular complexity index is 366. The van der Waals surface area contributed by atoms with Crippen LogP contribution in [0.4, 0.5) is 0 Å². The highest BCUT2D eigenvalue weighted by atomic mass is 16.7. The number of aliphatic hydroxyl groups is 7. The molecule has 2 aliphatic rings. The van der Waals surface area contributed by atoms with E-state index in [0.717, 1.165) is 0 Å². The molecule has 10 atom stereocenters. The van der Waals surface area contributed by atoms with Gasteiger partial charge >= 0.3 is 0 Å². The van der Waals surface area contributed by atoms with Gasteiger partial charge in [0, 0.05) is 0 Å². The molecular weight excluding hydrogens is 304 g/mol. The fourth-order valence-electron chi connectivity index (χ4n) is 2.50. The molecule has 0 aromatic heterocycles. The van der Waals surface area contributed by atoms with Crippen LogP contribution in [0.3, 0.4) is 0 Å². The van der Waals surface area contributed by atoms with Crippen molar-refractivity contribution in [3.63, 3.8) is 0 Å². The standard InChI is InChI=1S/C12H22O10/c1-3-5(14)8(17)10(11(19)20-3)22-12-9(18)7(16)6(15)4(2-13)21-12/h3-19H,2H2,1H3/t3-,4-,5-,6-,7+,8+,9+,10+,11-,12+/m1/s1. The van der Waals surface area contributed by atoms with Gasteiger partial charge in [0.2, 0.25) is 0 Å². The van der Waals surface area contributed by atoms with Crippen molar-refractivity contribution in [3.8, 4) is 0 Å². The zero-order valence-corrected chi connectivity index (χ0v) is 11.8. The Morgan fingerprint density at radius 2 is 1.45 bits per heavy atom. The third-order valence-electron chi connectivity index (χ3n) is 3.94. The zero-order chi connectivity index (χ0) is 16.6. The van der Waals surface area contributed by atoms with Crippen LogP contribution in [0.2, 0.25) is 0 Å². The summed E-state index contributed by atoms with van der Waals surface area (Å²) in [7, 11) is 0. The van der Waals surface area contributed by atoms with Crippen molar-refractivity contribution in [1.29, 1.82) is 0 Å². The molecule has 22 heavy (non-hydrogen) atoms. The van der Waals surface area contributed by atoms with Gasteiger partial charge in [-0.25, -0.2) is 0 Å². The summed E-state index contributed by atoms with van der Waals surface area (Å²) in [5.74, 6) is 0. The summed E-state index contributed by atoms with van der Waals surface area (Å²) in [5, 5.41) is 67.6. The largest absolute Gasteiger partial charge is 0.394 e. The highest BCUT2D eigenvalue weighted by Gasteiger charge is 2.49. The average Bonchev–Trinajstić information content (AvgIpc) is 2.49. The molecule has 0 saturated carbocycles. The quantitative estimate of drug-likeness (QED) is 0.269. The molecule has 2 saturated heterocycles. The van der Waals surface area contributed by atoms with E-state index in [1.54, 1.807) is 0 Å². The van der Waals surface area contributed by atoms with Crippen molar-refractivity contribution in [1.82, 2.24) is 0 Å². The second-order valence-corrected chi connectivity index (χ2v) is 5.51. The van der Waals surface area contributed by atoms with E-state index in [1.165, 1.54) is 6.92 Å². The minimum atomic E-state index is -1.69. The molecule has 2 rings (SSSR count). The van der Waals surface area contributed by atoms with Gasteiger partial charge in [0.25, 0.3) is 0 Å². The summed E-state index contributed by atoms with van der Waals surface area (Å²) in [6.45, 7) is 0.803. The van der Waals surface area contributed by atoms with E-state index < -0.39 is 68.0 Å². The molecule has 0 aliphatic carbocycles. The van der Waals surface area contributed by atoms with E-state index in [-0.39, 0.29) is 0 Å². The van der Waals surface area contributed by atoms with Crippen LogP contribution in [0, 0.1) is 0 Å². The summed E-state index contributed by atoms with van der Waals surface area (Å²) in [5.41, 5.74) is 0. The predicted molar refractivity (Wildman–Crippen MR) is 67.2 cm³/mol. The van der Waals surface area contributed by atoms with E-state index in [0.29, 0.717) is 0 Å². The van der Waals surface area contributed by atoms with E-state index in [1.807, 2.05) is 0 Å². The fourth-order valence-corrected chi connectivity index (χ4v) is 2.50. The van der Waals surface area contributed by atoms with Crippen LogP contribution >= 0.6 is 0 Å². The van der Waals surface area contributed by atoms with Crippen LogP contribution in [0.15, 0.2) is 0 Å². The second kappa shape index (κ2) is 7.01. The molecule has 0 aromatic rings. The topological polar surface area (TPSA) is 169 Å². The third kappa shape index (κ3) is 3.26. The molecule has 7 N–H and O–H groups in total. The van der Waals surface area contributed by atoms with Crippen molar-refractivity contribution >= 4 is 0 Å². The lowest BCUT2D eigenvalue weighted by molar-refractivity contribution is -0.359. The number of hydrogen-bond acceptors (Lipinski definition) is 10. The molecule has 10 heteroatoms. The van der Waals surface area contributed by atoms with Crippen molar-refractivity contribution < 1.29 is 50.0 Å². The lowest BCUT2D eigenvalue weighted by Crippen LogP contribution is -2.63. The molecule has 0 spiro atoms. The van der Waals surface area contributed by atoms with E-state index in [9.17, 15) is 30.6 Å². The Hall–Kier alpha value is -0.400. The molecule has 10 nitrogen and oxygen atoms in total. The van der Waals surface area contributed by atoms with Crippen LogP contribution in [0.5, 0.6) is 0 Å². The van der Waals surface area contributed by atoms with Gasteiger partial charge in [-0.05, 0) is 6.92 Å². The van der Waals surface area contributed by atoms with E-state index in [2.05, 4.69) is 0 Å². The average molecular weight is 326 g/mol. The molecule has 0 radical (unpaired) electrons.